The summed E-state index contributed by atoms with van der Waals surface area (Å²) in [6.07, 6.45) is 1.06. The topological polar surface area (TPSA) is 21.3 Å². The van der Waals surface area contributed by atoms with Crippen LogP contribution in [0.5, 0.6) is 5.75 Å². The molecule has 2 heteroatoms. The standard InChI is InChI=1S/C23H25NO/c1-2-23(21-13-7-4-8-14-21)24-17-20-12-9-15-22(16-20)25-18-19-10-5-3-6-11-19/h3-16,23-24H,2,17-18H2,1H3. The van der Waals surface area contributed by atoms with E-state index in [0.717, 1.165) is 18.7 Å². The van der Waals surface area contributed by atoms with Crippen LogP contribution in [-0.2, 0) is 13.2 Å². The second-order valence-electron chi connectivity index (χ2n) is 6.17. The van der Waals surface area contributed by atoms with Crippen molar-refractivity contribution in [2.45, 2.75) is 32.5 Å². The van der Waals surface area contributed by atoms with Crippen molar-refractivity contribution in [3.05, 3.63) is 102 Å². The van der Waals surface area contributed by atoms with E-state index in [2.05, 4.69) is 72.9 Å². The van der Waals surface area contributed by atoms with Gasteiger partial charge in [-0.1, -0.05) is 79.7 Å². The Balaban J connectivity index is 1.58. The summed E-state index contributed by atoms with van der Waals surface area (Å²) in [5, 5.41) is 3.65. The number of nitrogens with one attached hydrogen (secondary N) is 1. The first-order valence-corrected chi connectivity index (χ1v) is 8.89. The number of rotatable bonds is 8. The molecule has 3 aromatic carbocycles. The molecule has 1 unspecified atom stereocenters. The van der Waals surface area contributed by atoms with Crippen molar-refractivity contribution >= 4 is 0 Å². The van der Waals surface area contributed by atoms with Gasteiger partial charge in [-0.25, -0.2) is 0 Å². The molecular formula is C23H25NO. The second-order valence-corrected chi connectivity index (χ2v) is 6.17. The van der Waals surface area contributed by atoms with Gasteiger partial charge in [-0.15, -0.1) is 0 Å². The number of hydrogen-bond acceptors (Lipinski definition) is 2. The fourth-order valence-electron chi connectivity index (χ4n) is 2.91. The molecule has 0 fully saturated rings. The maximum absolute atomic E-state index is 5.92. The van der Waals surface area contributed by atoms with Crippen LogP contribution < -0.4 is 10.1 Å². The molecule has 3 aromatic rings. The van der Waals surface area contributed by atoms with Gasteiger partial charge in [0.25, 0.3) is 0 Å². The van der Waals surface area contributed by atoms with Crippen molar-refractivity contribution in [1.29, 1.82) is 0 Å². The van der Waals surface area contributed by atoms with Crippen LogP contribution in [0, 0.1) is 0 Å². The van der Waals surface area contributed by atoms with E-state index >= 15 is 0 Å². The largest absolute Gasteiger partial charge is 0.489 e. The van der Waals surface area contributed by atoms with Gasteiger partial charge in [-0.2, -0.15) is 0 Å². The Morgan fingerprint density at radius 3 is 2.20 bits per heavy atom. The van der Waals surface area contributed by atoms with Crippen LogP contribution in [0.4, 0.5) is 0 Å². The summed E-state index contributed by atoms with van der Waals surface area (Å²) in [7, 11) is 0. The molecule has 0 bridgehead atoms. The lowest BCUT2D eigenvalue weighted by Gasteiger charge is -2.18. The van der Waals surface area contributed by atoms with E-state index in [0.29, 0.717) is 12.6 Å². The lowest BCUT2D eigenvalue weighted by molar-refractivity contribution is 0.306. The summed E-state index contributed by atoms with van der Waals surface area (Å²) >= 11 is 0. The maximum Gasteiger partial charge on any atom is 0.120 e. The van der Waals surface area contributed by atoms with E-state index in [1.165, 1.54) is 16.7 Å². The van der Waals surface area contributed by atoms with Crippen LogP contribution in [0.15, 0.2) is 84.9 Å². The van der Waals surface area contributed by atoms with E-state index < -0.39 is 0 Å². The predicted molar refractivity (Wildman–Crippen MR) is 104 cm³/mol. The lowest BCUT2D eigenvalue weighted by atomic mass is 10.0. The van der Waals surface area contributed by atoms with Gasteiger partial charge in [0.1, 0.15) is 12.4 Å². The van der Waals surface area contributed by atoms with Gasteiger partial charge in [0.2, 0.25) is 0 Å². The highest BCUT2D eigenvalue weighted by atomic mass is 16.5. The molecule has 0 spiro atoms. The summed E-state index contributed by atoms with van der Waals surface area (Å²) < 4.78 is 5.92. The molecule has 0 amide bonds. The normalized spacial score (nSPS) is 11.9. The Labute approximate surface area is 150 Å². The monoisotopic (exact) mass is 331 g/mol. The third-order valence-corrected chi connectivity index (χ3v) is 4.31. The van der Waals surface area contributed by atoms with Crippen molar-refractivity contribution in [1.82, 2.24) is 5.32 Å². The number of hydrogen-bond donors (Lipinski definition) is 1. The van der Waals surface area contributed by atoms with E-state index in [4.69, 9.17) is 4.74 Å². The third kappa shape index (κ3) is 5.20. The Morgan fingerprint density at radius 1 is 0.800 bits per heavy atom. The predicted octanol–water partition coefficient (Wildman–Crippen LogP) is 5.51. The molecule has 0 heterocycles. The summed E-state index contributed by atoms with van der Waals surface area (Å²) in [6.45, 7) is 3.64. The zero-order valence-electron chi connectivity index (χ0n) is 14.7. The lowest BCUT2D eigenvalue weighted by Crippen LogP contribution is -2.20. The average molecular weight is 331 g/mol. The second kappa shape index (κ2) is 9.05. The molecule has 0 saturated carbocycles. The van der Waals surface area contributed by atoms with Gasteiger partial charge in [-0.3, -0.25) is 0 Å². The molecular weight excluding hydrogens is 306 g/mol. The molecule has 0 aliphatic carbocycles. The quantitative estimate of drug-likeness (QED) is 0.588. The summed E-state index contributed by atoms with van der Waals surface area (Å²) in [6, 6.07) is 29.6. The zero-order valence-corrected chi connectivity index (χ0v) is 14.7. The van der Waals surface area contributed by atoms with Gasteiger partial charge in [0, 0.05) is 12.6 Å². The van der Waals surface area contributed by atoms with Crippen LogP contribution in [-0.4, -0.2) is 0 Å². The first kappa shape index (κ1) is 17.2. The maximum atomic E-state index is 5.92. The highest BCUT2D eigenvalue weighted by molar-refractivity contribution is 5.29. The fraction of sp³-hybridized carbons (Fsp3) is 0.217. The first-order chi connectivity index (χ1) is 12.3. The molecule has 1 atom stereocenters. The Bertz CT molecular complexity index is 755. The van der Waals surface area contributed by atoms with E-state index in [1.54, 1.807) is 0 Å². The minimum Gasteiger partial charge on any atom is -0.489 e. The minimum atomic E-state index is 0.370. The molecule has 1 N–H and O–H groups in total. The molecule has 2 nitrogen and oxygen atoms in total. The smallest absolute Gasteiger partial charge is 0.120 e. The van der Waals surface area contributed by atoms with Gasteiger partial charge in [0.05, 0.1) is 0 Å². The van der Waals surface area contributed by atoms with Gasteiger partial charge < -0.3 is 10.1 Å². The summed E-state index contributed by atoms with van der Waals surface area (Å²) in [4.78, 5) is 0. The number of ether oxygens (including phenoxy) is 1. The highest BCUT2D eigenvalue weighted by Gasteiger charge is 2.08. The van der Waals surface area contributed by atoms with Crippen LogP contribution in [0.25, 0.3) is 0 Å². The van der Waals surface area contributed by atoms with Crippen LogP contribution in [0.3, 0.4) is 0 Å². The minimum absolute atomic E-state index is 0.370. The molecule has 0 aliphatic rings. The third-order valence-electron chi connectivity index (χ3n) is 4.31. The molecule has 25 heavy (non-hydrogen) atoms. The summed E-state index contributed by atoms with van der Waals surface area (Å²) in [5.74, 6) is 0.913. The van der Waals surface area contributed by atoms with Crippen LogP contribution in [0.2, 0.25) is 0 Å². The zero-order chi connectivity index (χ0) is 17.3. The molecule has 0 saturated heterocycles. The van der Waals surface area contributed by atoms with Gasteiger partial charge >= 0.3 is 0 Å². The van der Waals surface area contributed by atoms with Crippen molar-refractivity contribution in [2.75, 3.05) is 0 Å². The molecule has 128 valence electrons. The van der Waals surface area contributed by atoms with Crippen molar-refractivity contribution in [2.24, 2.45) is 0 Å². The Kier molecular flexibility index (Phi) is 6.24. The molecule has 3 rings (SSSR count). The van der Waals surface area contributed by atoms with Crippen molar-refractivity contribution < 1.29 is 4.74 Å². The average Bonchev–Trinajstić information content (AvgIpc) is 2.69. The number of benzene rings is 3. The highest BCUT2D eigenvalue weighted by Crippen LogP contribution is 2.19. The van der Waals surface area contributed by atoms with E-state index in [-0.39, 0.29) is 0 Å². The van der Waals surface area contributed by atoms with Crippen molar-refractivity contribution in [3.8, 4) is 5.75 Å². The molecule has 0 aliphatic heterocycles. The van der Waals surface area contributed by atoms with Gasteiger partial charge in [0.15, 0.2) is 0 Å². The van der Waals surface area contributed by atoms with Crippen LogP contribution >= 0.6 is 0 Å². The fourth-order valence-corrected chi connectivity index (χ4v) is 2.91. The van der Waals surface area contributed by atoms with Gasteiger partial charge in [-0.05, 0) is 35.2 Å². The van der Waals surface area contributed by atoms with E-state index in [9.17, 15) is 0 Å². The van der Waals surface area contributed by atoms with Crippen LogP contribution in [0.1, 0.15) is 36.1 Å². The molecule has 0 aromatic heterocycles. The molecule has 0 radical (unpaired) electrons. The van der Waals surface area contributed by atoms with E-state index in [1.807, 2.05) is 24.3 Å². The first-order valence-electron chi connectivity index (χ1n) is 8.89. The van der Waals surface area contributed by atoms with Crippen molar-refractivity contribution in [3.63, 3.8) is 0 Å². The SMILES string of the molecule is CCC(NCc1cccc(OCc2ccccc2)c1)c1ccccc1. The Morgan fingerprint density at radius 2 is 1.48 bits per heavy atom. The Hall–Kier alpha value is -2.58. The summed E-state index contributed by atoms with van der Waals surface area (Å²) in [5.41, 5.74) is 3.75.